The van der Waals surface area contributed by atoms with Gasteiger partial charge in [0.2, 0.25) is 5.91 Å². The second kappa shape index (κ2) is 9.16. The first kappa shape index (κ1) is 21.5. The SMILES string of the molecule is Cl.N#Cc1ccc2c(c1)[C@@H]1CN(CC[C@H]3CC[C@H](NC(=O)C4CC4)CC3)C[C@H]1CO2. The number of carbonyl (C=O) groups excluding carboxylic acids is 1. The minimum absolute atomic E-state index is 0. The summed E-state index contributed by atoms with van der Waals surface area (Å²) in [5, 5.41) is 12.5. The summed E-state index contributed by atoms with van der Waals surface area (Å²) in [6.45, 7) is 4.15. The van der Waals surface area contributed by atoms with Gasteiger partial charge in [0.05, 0.1) is 18.2 Å². The zero-order valence-electron chi connectivity index (χ0n) is 17.5. The molecule has 30 heavy (non-hydrogen) atoms. The Bertz CT molecular complexity index is 811. The van der Waals surface area contributed by atoms with E-state index in [1.807, 2.05) is 18.2 Å². The van der Waals surface area contributed by atoms with Gasteiger partial charge in [-0.1, -0.05) is 0 Å². The zero-order valence-corrected chi connectivity index (χ0v) is 18.3. The molecule has 0 unspecified atom stereocenters. The summed E-state index contributed by atoms with van der Waals surface area (Å²) in [6, 6.07) is 8.54. The first-order chi connectivity index (χ1) is 14.2. The second-order valence-electron chi connectivity index (χ2n) is 9.59. The molecule has 5 nitrogen and oxygen atoms in total. The highest BCUT2D eigenvalue weighted by atomic mass is 35.5. The fourth-order valence-electron chi connectivity index (χ4n) is 5.53. The molecule has 2 heterocycles. The van der Waals surface area contributed by atoms with Crippen molar-refractivity contribution in [3.05, 3.63) is 29.3 Å². The summed E-state index contributed by atoms with van der Waals surface area (Å²) in [4.78, 5) is 14.6. The Labute approximate surface area is 185 Å². The number of nitrogens with zero attached hydrogens (tertiary/aromatic N) is 2. The van der Waals surface area contributed by atoms with Crippen LogP contribution in [0.15, 0.2) is 18.2 Å². The van der Waals surface area contributed by atoms with Crippen LogP contribution >= 0.6 is 12.4 Å². The number of carbonyl (C=O) groups is 1. The molecule has 0 spiro atoms. The van der Waals surface area contributed by atoms with Gasteiger partial charge < -0.3 is 15.0 Å². The lowest BCUT2D eigenvalue weighted by molar-refractivity contribution is -0.123. The van der Waals surface area contributed by atoms with Gasteiger partial charge in [0.1, 0.15) is 5.75 Å². The molecule has 1 saturated heterocycles. The van der Waals surface area contributed by atoms with Gasteiger partial charge in [-0.2, -0.15) is 5.26 Å². The van der Waals surface area contributed by atoms with Crippen molar-refractivity contribution in [2.45, 2.75) is 56.9 Å². The summed E-state index contributed by atoms with van der Waals surface area (Å²) in [5.74, 6) is 3.43. The van der Waals surface area contributed by atoms with Crippen LogP contribution in [0, 0.1) is 29.1 Å². The Balaban J connectivity index is 0.00000218. The van der Waals surface area contributed by atoms with E-state index in [2.05, 4.69) is 16.3 Å². The van der Waals surface area contributed by atoms with Crippen molar-refractivity contribution in [1.82, 2.24) is 10.2 Å². The maximum Gasteiger partial charge on any atom is 0.223 e. The third kappa shape index (κ3) is 4.60. The lowest BCUT2D eigenvalue weighted by Crippen LogP contribution is -2.38. The number of amides is 1. The maximum absolute atomic E-state index is 12.0. The van der Waals surface area contributed by atoms with Gasteiger partial charge in [0.25, 0.3) is 0 Å². The number of rotatable bonds is 5. The Morgan fingerprint density at radius 1 is 1.17 bits per heavy atom. The van der Waals surface area contributed by atoms with E-state index in [0.29, 0.717) is 29.7 Å². The van der Waals surface area contributed by atoms with Crippen molar-refractivity contribution in [2.24, 2.45) is 17.8 Å². The molecule has 3 fully saturated rings. The molecule has 162 valence electrons. The molecule has 0 bridgehead atoms. The van der Waals surface area contributed by atoms with E-state index in [1.165, 1.54) is 24.8 Å². The predicted molar refractivity (Wildman–Crippen MR) is 118 cm³/mol. The smallest absolute Gasteiger partial charge is 0.223 e. The third-order valence-corrected chi connectivity index (χ3v) is 7.50. The van der Waals surface area contributed by atoms with E-state index in [-0.39, 0.29) is 12.4 Å². The number of likely N-dealkylation sites (tertiary alicyclic amines) is 1. The molecule has 1 aromatic rings. The largest absolute Gasteiger partial charge is 0.493 e. The number of hydrogen-bond donors (Lipinski definition) is 1. The molecule has 4 aliphatic rings. The summed E-state index contributed by atoms with van der Waals surface area (Å²) in [6.07, 6.45) is 8.22. The van der Waals surface area contributed by atoms with E-state index in [1.54, 1.807) is 0 Å². The summed E-state index contributed by atoms with van der Waals surface area (Å²) >= 11 is 0. The first-order valence-electron chi connectivity index (χ1n) is 11.4. The van der Waals surface area contributed by atoms with Crippen molar-refractivity contribution in [1.29, 1.82) is 5.26 Å². The molecule has 1 N–H and O–H groups in total. The van der Waals surface area contributed by atoms with Crippen molar-refractivity contribution in [2.75, 3.05) is 26.2 Å². The van der Waals surface area contributed by atoms with Crippen molar-refractivity contribution in [3.63, 3.8) is 0 Å². The lowest BCUT2D eigenvalue weighted by atomic mass is 9.84. The molecular formula is C24H32ClN3O2. The van der Waals surface area contributed by atoms with Gasteiger partial charge in [-0.3, -0.25) is 4.79 Å². The van der Waals surface area contributed by atoms with Crippen LogP contribution in [0.2, 0.25) is 0 Å². The Morgan fingerprint density at radius 3 is 2.70 bits per heavy atom. The van der Waals surface area contributed by atoms with E-state index in [9.17, 15) is 10.1 Å². The van der Waals surface area contributed by atoms with E-state index in [4.69, 9.17) is 4.74 Å². The lowest BCUT2D eigenvalue weighted by Gasteiger charge is -2.30. The highest BCUT2D eigenvalue weighted by Crippen LogP contribution is 2.42. The molecule has 1 amide bonds. The molecule has 0 aromatic heterocycles. The van der Waals surface area contributed by atoms with Crippen molar-refractivity contribution in [3.8, 4) is 11.8 Å². The van der Waals surface area contributed by atoms with E-state index < -0.39 is 0 Å². The number of nitriles is 1. The number of halogens is 1. The number of ether oxygens (including phenoxy) is 1. The summed E-state index contributed by atoms with van der Waals surface area (Å²) < 4.78 is 5.97. The van der Waals surface area contributed by atoms with Gasteiger partial charge in [0.15, 0.2) is 0 Å². The van der Waals surface area contributed by atoms with E-state index in [0.717, 1.165) is 69.2 Å². The van der Waals surface area contributed by atoms with Gasteiger partial charge in [-0.15, -0.1) is 12.4 Å². The minimum atomic E-state index is 0. The van der Waals surface area contributed by atoms with Gasteiger partial charge in [-0.05, 0) is 75.6 Å². The molecule has 2 aliphatic carbocycles. The molecule has 6 heteroatoms. The number of hydrogen-bond acceptors (Lipinski definition) is 4. The molecule has 2 aliphatic heterocycles. The number of fused-ring (bicyclic) bond motifs is 3. The molecule has 2 atom stereocenters. The Hall–Kier alpha value is -1.77. The topological polar surface area (TPSA) is 65.4 Å². The second-order valence-corrected chi connectivity index (χ2v) is 9.59. The third-order valence-electron chi connectivity index (χ3n) is 7.50. The molecule has 2 saturated carbocycles. The van der Waals surface area contributed by atoms with Crippen LogP contribution in [-0.2, 0) is 4.79 Å². The predicted octanol–water partition coefficient (Wildman–Crippen LogP) is 3.86. The first-order valence-corrected chi connectivity index (χ1v) is 11.4. The fraction of sp³-hybridized carbons (Fsp3) is 0.667. The average molecular weight is 430 g/mol. The summed E-state index contributed by atoms with van der Waals surface area (Å²) in [7, 11) is 0. The van der Waals surface area contributed by atoms with Crippen LogP contribution in [0.3, 0.4) is 0 Å². The van der Waals surface area contributed by atoms with Crippen molar-refractivity contribution >= 4 is 18.3 Å². The van der Waals surface area contributed by atoms with Crippen LogP contribution in [-0.4, -0.2) is 43.1 Å². The molecule has 5 rings (SSSR count). The van der Waals surface area contributed by atoms with E-state index >= 15 is 0 Å². The van der Waals surface area contributed by atoms with Crippen LogP contribution in [0.4, 0.5) is 0 Å². The number of benzene rings is 1. The molecule has 1 aromatic carbocycles. The normalized spacial score (nSPS) is 30.2. The van der Waals surface area contributed by atoms with Gasteiger partial charge in [-0.25, -0.2) is 0 Å². The minimum Gasteiger partial charge on any atom is -0.493 e. The molecular weight excluding hydrogens is 398 g/mol. The monoisotopic (exact) mass is 429 g/mol. The fourth-order valence-corrected chi connectivity index (χ4v) is 5.53. The van der Waals surface area contributed by atoms with Crippen LogP contribution in [0.1, 0.15) is 62.0 Å². The summed E-state index contributed by atoms with van der Waals surface area (Å²) in [5.41, 5.74) is 1.96. The highest BCUT2D eigenvalue weighted by Gasteiger charge is 2.39. The van der Waals surface area contributed by atoms with Gasteiger partial charge in [0, 0.05) is 42.4 Å². The quantitative estimate of drug-likeness (QED) is 0.771. The number of nitrogens with one attached hydrogen (secondary N) is 1. The Morgan fingerprint density at radius 2 is 1.97 bits per heavy atom. The zero-order chi connectivity index (χ0) is 19.8. The highest BCUT2D eigenvalue weighted by molar-refractivity contribution is 5.85. The standard InChI is InChI=1S/C24H31N3O2.ClH/c25-12-17-3-8-23-21(11-17)22-14-27(13-19(22)15-29-23)10-9-16-1-6-20(7-2-16)26-24(28)18-4-5-18;/h3,8,11,16,18-20,22H,1-2,4-7,9-10,13-15H2,(H,26,28);1H/t16-,19-,20-,22+;/m0./s1. The van der Waals surface area contributed by atoms with Crippen molar-refractivity contribution < 1.29 is 9.53 Å². The maximum atomic E-state index is 12.0. The molecule has 0 radical (unpaired) electrons. The van der Waals surface area contributed by atoms with Crippen LogP contribution < -0.4 is 10.1 Å². The van der Waals surface area contributed by atoms with Crippen LogP contribution in [0.25, 0.3) is 0 Å². The Kier molecular flexibility index (Phi) is 6.55. The van der Waals surface area contributed by atoms with Crippen LogP contribution in [0.5, 0.6) is 5.75 Å². The van der Waals surface area contributed by atoms with Gasteiger partial charge >= 0.3 is 0 Å². The average Bonchev–Trinajstić information content (AvgIpc) is 3.52.